The molecule has 2 rings (SSSR count). The zero-order valence-electron chi connectivity index (χ0n) is 13.8. The van der Waals surface area contributed by atoms with Gasteiger partial charge in [-0.15, -0.1) is 0 Å². The predicted octanol–water partition coefficient (Wildman–Crippen LogP) is 2.35. The Hall–Kier alpha value is -2.69. The fraction of sp³-hybridized carbons (Fsp3) is 0.222. The predicted molar refractivity (Wildman–Crippen MR) is 96.1 cm³/mol. The molecular weight excluding hydrogens is 338 g/mol. The molecule has 1 amide bonds. The van der Waals surface area contributed by atoms with Gasteiger partial charge in [-0.2, -0.15) is 9.57 Å². The van der Waals surface area contributed by atoms with Crippen LogP contribution in [-0.2, 0) is 21.4 Å². The third kappa shape index (κ3) is 5.71. The lowest BCUT2D eigenvalue weighted by Crippen LogP contribution is -2.32. The summed E-state index contributed by atoms with van der Waals surface area (Å²) in [5, 5.41) is 11.7. The quantitative estimate of drug-likeness (QED) is 0.823. The highest BCUT2D eigenvalue weighted by Crippen LogP contribution is 2.14. The summed E-state index contributed by atoms with van der Waals surface area (Å²) in [4.78, 5) is 12.1. The average molecular weight is 357 g/mol. The maximum absolute atomic E-state index is 12.1. The zero-order chi connectivity index (χ0) is 18.3. The minimum Gasteiger partial charge on any atom is -0.325 e. The van der Waals surface area contributed by atoms with E-state index in [2.05, 4.69) is 5.32 Å². The van der Waals surface area contributed by atoms with E-state index < -0.39 is 10.0 Å². The fourth-order valence-electron chi connectivity index (χ4n) is 2.28. The number of amides is 1. The van der Waals surface area contributed by atoms with E-state index in [4.69, 9.17) is 5.26 Å². The number of nitrogens with one attached hydrogen (secondary N) is 1. The second kappa shape index (κ2) is 8.42. The summed E-state index contributed by atoms with van der Waals surface area (Å²) in [7, 11) is -3.44. The molecule has 25 heavy (non-hydrogen) atoms. The van der Waals surface area contributed by atoms with Crippen LogP contribution in [0.25, 0.3) is 0 Å². The highest BCUT2D eigenvalue weighted by atomic mass is 32.2. The minimum absolute atomic E-state index is 0.000331. The minimum atomic E-state index is -3.44. The third-order valence-corrected chi connectivity index (χ3v) is 4.83. The molecule has 2 aromatic rings. The summed E-state index contributed by atoms with van der Waals surface area (Å²) < 4.78 is 25.2. The van der Waals surface area contributed by atoms with E-state index in [1.54, 1.807) is 24.3 Å². The van der Waals surface area contributed by atoms with Gasteiger partial charge in [0.05, 0.1) is 17.5 Å². The van der Waals surface area contributed by atoms with E-state index >= 15 is 0 Å². The van der Waals surface area contributed by atoms with Crippen LogP contribution < -0.4 is 5.32 Å². The van der Waals surface area contributed by atoms with Gasteiger partial charge in [-0.05, 0) is 17.7 Å². The largest absolute Gasteiger partial charge is 0.325 e. The number of para-hydroxylation sites is 1. The maximum Gasteiger partial charge on any atom is 0.225 e. The van der Waals surface area contributed by atoms with Crippen LogP contribution in [0, 0.1) is 11.3 Å². The molecule has 0 unspecified atom stereocenters. The van der Waals surface area contributed by atoms with Crippen molar-refractivity contribution >= 4 is 21.6 Å². The lowest BCUT2D eigenvalue weighted by atomic mass is 10.2. The van der Waals surface area contributed by atoms with Crippen LogP contribution in [0.4, 0.5) is 5.69 Å². The molecule has 0 aromatic heterocycles. The first-order chi connectivity index (χ1) is 11.9. The first kappa shape index (κ1) is 18.6. The molecule has 2 aromatic carbocycles. The van der Waals surface area contributed by atoms with Crippen molar-refractivity contribution in [2.24, 2.45) is 0 Å². The molecule has 1 N–H and O–H groups in total. The van der Waals surface area contributed by atoms with Crippen LogP contribution in [-0.4, -0.2) is 31.4 Å². The van der Waals surface area contributed by atoms with Crippen LogP contribution in [0.5, 0.6) is 0 Å². The van der Waals surface area contributed by atoms with Crippen LogP contribution in [0.2, 0.25) is 0 Å². The first-order valence-corrected chi connectivity index (χ1v) is 9.53. The molecule has 0 bridgehead atoms. The second-order valence-corrected chi connectivity index (χ2v) is 7.52. The number of hydrogen-bond donors (Lipinski definition) is 1. The highest BCUT2D eigenvalue weighted by Gasteiger charge is 2.18. The van der Waals surface area contributed by atoms with Crippen LogP contribution in [0.1, 0.15) is 17.5 Å². The fourth-order valence-corrected chi connectivity index (χ4v) is 3.08. The van der Waals surface area contributed by atoms with Crippen LogP contribution in [0.15, 0.2) is 54.6 Å². The third-order valence-electron chi connectivity index (χ3n) is 3.58. The molecule has 6 nitrogen and oxygen atoms in total. The highest BCUT2D eigenvalue weighted by molar-refractivity contribution is 7.88. The molecule has 0 aliphatic carbocycles. The molecule has 0 radical (unpaired) electrons. The number of nitrogens with zero attached hydrogens (tertiary/aromatic N) is 2. The summed E-state index contributed by atoms with van der Waals surface area (Å²) in [5.41, 5.74) is 1.63. The van der Waals surface area contributed by atoms with Crippen molar-refractivity contribution in [2.75, 3.05) is 18.1 Å². The topological polar surface area (TPSA) is 90.3 Å². The summed E-state index contributed by atoms with van der Waals surface area (Å²) in [6.45, 7) is 0.274. The Kier molecular flexibility index (Phi) is 6.28. The monoisotopic (exact) mass is 357 g/mol. The molecular formula is C18H19N3O3S. The van der Waals surface area contributed by atoms with Crippen molar-refractivity contribution in [3.63, 3.8) is 0 Å². The molecule has 0 atom stereocenters. The van der Waals surface area contributed by atoms with E-state index in [9.17, 15) is 13.2 Å². The van der Waals surface area contributed by atoms with Crippen molar-refractivity contribution in [1.82, 2.24) is 4.31 Å². The maximum atomic E-state index is 12.1. The number of hydrogen-bond acceptors (Lipinski definition) is 4. The van der Waals surface area contributed by atoms with Gasteiger partial charge in [-0.25, -0.2) is 8.42 Å². The van der Waals surface area contributed by atoms with Gasteiger partial charge in [0.25, 0.3) is 0 Å². The van der Waals surface area contributed by atoms with E-state index in [0.717, 1.165) is 11.8 Å². The van der Waals surface area contributed by atoms with Crippen LogP contribution in [0.3, 0.4) is 0 Å². The average Bonchev–Trinajstić information content (AvgIpc) is 2.59. The van der Waals surface area contributed by atoms with E-state index in [-0.39, 0.29) is 25.4 Å². The smallest absolute Gasteiger partial charge is 0.225 e. The molecule has 0 heterocycles. The Morgan fingerprint density at radius 2 is 1.76 bits per heavy atom. The van der Waals surface area contributed by atoms with E-state index in [1.165, 1.54) is 4.31 Å². The van der Waals surface area contributed by atoms with Gasteiger partial charge in [0.1, 0.15) is 6.07 Å². The standard InChI is InChI=1S/C18H19N3O3S/c1-25(23,24)21(14-15-7-3-2-4-8-15)12-11-18(22)20-17-10-6-5-9-16(17)13-19/h2-10H,11-12,14H2,1H3,(H,20,22). The Bertz CT molecular complexity index is 874. The van der Waals surface area contributed by atoms with Gasteiger partial charge >= 0.3 is 0 Å². The Balaban J connectivity index is 2.00. The Labute approximate surface area is 147 Å². The van der Waals surface area contributed by atoms with Crippen LogP contribution >= 0.6 is 0 Å². The van der Waals surface area contributed by atoms with Gasteiger partial charge in [0.2, 0.25) is 15.9 Å². The van der Waals surface area contributed by atoms with Gasteiger partial charge < -0.3 is 5.32 Å². The van der Waals surface area contributed by atoms with Crippen molar-refractivity contribution in [2.45, 2.75) is 13.0 Å². The van der Waals surface area contributed by atoms with E-state index in [0.29, 0.717) is 11.3 Å². The molecule has 7 heteroatoms. The van der Waals surface area contributed by atoms with Crippen molar-refractivity contribution in [1.29, 1.82) is 5.26 Å². The van der Waals surface area contributed by atoms with E-state index in [1.807, 2.05) is 36.4 Å². The lowest BCUT2D eigenvalue weighted by molar-refractivity contribution is -0.116. The number of anilines is 1. The molecule has 0 fully saturated rings. The molecule has 0 spiro atoms. The summed E-state index contributed by atoms with van der Waals surface area (Å²) >= 11 is 0. The zero-order valence-corrected chi connectivity index (χ0v) is 14.7. The summed E-state index contributed by atoms with van der Waals surface area (Å²) in [6.07, 6.45) is 1.12. The molecule has 0 saturated carbocycles. The number of carbonyl (C=O) groups excluding carboxylic acids is 1. The van der Waals surface area contributed by atoms with Gasteiger partial charge in [0.15, 0.2) is 0 Å². The first-order valence-electron chi connectivity index (χ1n) is 7.68. The van der Waals surface area contributed by atoms with Gasteiger partial charge in [-0.1, -0.05) is 42.5 Å². The normalized spacial score (nSPS) is 11.1. The molecule has 0 aliphatic heterocycles. The SMILES string of the molecule is CS(=O)(=O)N(CCC(=O)Nc1ccccc1C#N)Cc1ccccc1. The summed E-state index contributed by atoms with van der Waals surface area (Å²) in [6, 6.07) is 17.9. The Morgan fingerprint density at radius 3 is 2.40 bits per heavy atom. The number of benzene rings is 2. The van der Waals surface area contributed by atoms with Crippen molar-refractivity contribution in [3.8, 4) is 6.07 Å². The number of nitriles is 1. The summed E-state index contributed by atoms with van der Waals surface area (Å²) in [5.74, 6) is -0.343. The number of rotatable bonds is 7. The van der Waals surface area contributed by atoms with Gasteiger partial charge in [0, 0.05) is 19.5 Å². The lowest BCUT2D eigenvalue weighted by Gasteiger charge is -2.20. The second-order valence-electron chi connectivity index (χ2n) is 5.54. The molecule has 0 aliphatic rings. The number of carbonyl (C=O) groups is 1. The molecule has 130 valence electrons. The van der Waals surface area contributed by atoms with Gasteiger partial charge in [-0.3, -0.25) is 4.79 Å². The molecule has 0 saturated heterocycles. The van der Waals surface area contributed by atoms with Crippen molar-refractivity contribution < 1.29 is 13.2 Å². The number of sulfonamides is 1. The Morgan fingerprint density at radius 1 is 1.12 bits per heavy atom. The van der Waals surface area contributed by atoms with Crippen molar-refractivity contribution in [3.05, 3.63) is 65.7 Å².